The Hall–Kier alpha value is -1.04. The standard InChI is InChI=1S/C14H17BrF3NO/c1-9(2)6-7-19(3)13(20)10-4-5-12(15)11(8-10)14(16,17)18/h4-5,8-9H,6-7H2,1-3H3. The lowest BCUT2D eigenvalue weighted by Crippen LogP contribution is -2.28. The molecule has 0 bridgehead atoms. The van der Waals surface area contributed by atoms with Crippen molar-refractivity contribution in [3.63, 3.8) is 0 Å². The molecule has 0 aliphatic carbocycles. The lowest BCUT2D eigenvalue weighted by atomic mass is 10.1. The van der Waals surface area contributed by atoms with Gasteiger partial charge >= 0.3 is 6.18 Å². The van der Waals surface area contributed by atoms with E-state index in [4.69, 9.17) is 0 Å². The minimum absolute atomic E-state index is 0.0479. The fourth-order valence-electron chi connectivity index (χ4n) is 1.65. The van der Waals surface area contributed by atoms with Crippen LogP contribution in [0.3, 0.4) is 0 Å². The number of carbonyl (C=O) groups is 1. The second-order valence-corrected chi connectivity index (χ2v) is 5.96. The van der Waals surface area contributed by atoms with Crippen LogP contribution in [0.25, 0.3) is 0 Å². The van der Waals surface area contributed by atoms with Crippen LogP contribution in [0.5, 0.6) is 0 Å². The number of nitrogens with zero attached hydrogens (tertiary/aromatic N) is 1. The van der Waals surface area contributed by atoms with Gasteiger partial charge in [0.15, 0.2) is 0 Å². The van der Waals surface area contributed by atoms with E-state index in [1.165, 1.54) is 17.0 Å². The molecule has 0 spiro atoms. The summed E-state index contributed by atoms with van der Waals surface area (Å²) in [6.07, 6.45) is -3.67. The first kappa shape index (κ1) is 17.0. The van der Waals surface area contributed by atoms with Crippen LogP contribution in [0.1, 0.15) is 36.2 Å². The average Bonchev–Trinajstić information content (AvgIpc) is 2.34. The topological polar surface area (TPSA) is 20.3 Å². The highest BCUT2D eigenvalue weighted by molar-refractivity contribution is 9.10. The van der Waals surface area contributed by atoms with E-state index in [-0.39, 0.29) is 10.0 Å². The fraction of sp³-hybridized carbons (Fsp3) is 0.500. The predicted molar refractivity (Wildman–Crippen MR) is 75.6 cm³/mol. The van der Waals surface area contributed by atoms with Crippen molar-refractivity contribution in [2.75, 3.05) is 13.6 Å². The van der Waals surface area contributed by atoms with E-state index in [0.29, 0.717) is 12.5 Å². The molecule has 1 rings (SSSR count). The van der Waals surface area contributed by atoms with Gasteiger partial charge in [-0.3, -0.25) is 4.79 Å². The van der Waals surface area contributed by atoms with E-state index in [1.807, 2.05) is 13.8 Å². The molecule has 0 radical (unpaired) electrons. The molecule has 0 heterocycles. The SMILES string of the molecule is CC(C)CCN(C)C(=O)c1ccc(Br)c(C(F)(F)F)c1. The van der Waals surface area contributed by atoms with Crippen LogP contribution in [0.4, 0.5) is 13.2 Å². The minimum Gasteiger partial charge on any atom is -0.342 e. The van der Waals surface area contributed by atoms with Gasteiger partial charge in [0.25, 0.3) is 5.91 Å². The number of amides is 1. The highest BCUT2D eigenvalue weighted by atomic mass is 79.9. The van der Waals surface area contributed by atoms with Crippen molar-refractivity contribution in [2.24, 2.45) is 5.92 Å². The maximum absolute atomic E-state index is 12.8. The number of benzene rings is 1. The normalized spacial score (nSPS) is 11.8. The van der Waals surface area contributed by atoms with Crippen LogP contribution in [-0.2, 0) is 6.18 Å². The van der Waals surface area contributed by atoms with Crippen LogP contribution in [0.2, 0.25) is 0 Å². The van der Waals surface area contributed by atoms with E-state index < -0.39 is 17.6 Å². The van der Waals surface area contributed by atoms with Crippen molar-refractivity contribution in [1.29, 1.82) is 0 Å². The summed E-state index contributed by atoms with van der Waals surface area (Å²) in [7, 11) is 1.60. The van der Waals surface area contributed by atoms with Crippen molar-refractivity contribution in [1.82, 2.24) is 4.90 Å². The zero-order valence-electron chi connectivity index (χ0n) is 11.6. The fourth-order valence-corrected chi connectivity index (χ4v) is 2.12. The van der Waals surface area contributed by atoms with E-state index in [0.717, 1.165) is 12.5 Å². The second kappa shape index (κ2) is 6.61. The number of hydrogen-bond donors (Lipinski definition) is 0. The number of hydrogen-bond acceptors (Lipinski definition) is 1. The Labute approximate surface area is 125 Å². The summed E-state index contributed by atoms with van der Waals surface area (Å²) in [5, 5.41) is 0. The van der Waals surface area contributed by atoms with Gasteiger partial charge in [-0.15, -0.1) is 0 Å². The number of halogens is 4. The van der Waals surface area contributed by atoms with Gasteiger partial charge in [-0.05, 0) is 30.5 Å². The highest BCUT2D eigenvalue weighted by Gasteiger charge is 2.33. The Morgan fingerprint density at radius 1 is 1.35 bits per heavy atom. The third-order valence-corrected chi connectivity index (χ3v) is 3.60. The van der Waals surface area contributed by atoms with Crippen LogP contribution < -0.4 is 0 Å². The maximum Gasteiger partial charge on any atom is 0.417 e. The second-order valence-electron chi connectivity index (χ2n) is 5.10. The zero-order valence-corrected chi connectivity index (χ0v) is 13.2. The maximum atomic E-state index is 12.8. The third kappa shape index (κ3) is 4.51. The molecule has 0 aliphatic heterocycles. The number of rotatable bonds is 4. The summed E-state index contributed by atoms with van der Waals surface area (Å²) in [6.45, 7) is 4.58. The molecule has 0 saturated carbocycles. The lowest BCUT2D eigenvalue weighted by molar-refractivity contribution is -0.138. The molecule has 0 N–H and O–H groups in total. The van der Waals surface area contributed by atoms with E-state index >= 15 is 0 Å². The van der Waals surface area contributed by atoms with Crippen LogP contribution >= 0.6 is 15.9 Å². The number of alkyl halides is 3. The summed E-state index contributed by atoms with van der Waals surface area (Å²) in [4.78, 5) is 13.5. The highest BCUT2D eigenvalue weighted by Crippen LogP contribution is 2.35. The first-order valence-corrected chi connectivity index (χ1v) is 7.04. The largest absolute Gasteiger partial charge is 0.417 e. The molecule has 20 heavy (non-hydrogen) atoms. The minimum atomic E-state index is -4.48. The van der Waals surface area contributed by atoms with Gasteiger partial charge in [-0.1, -0.05) is 29.8 Å². The summed E-state index contributed by atoms with van der Waals surface area (Å²) in [5.41, 5.74) is -0.785. The van der Waals surface area contributed by atoms with Gasteiger partial charge < -0.3 is 4.90 Å². The lowest BCUT2D eigenvalue weighted by Gasteiger charge is -2.19. The van der Waals surface area contributed by atoms with Crippen LogP contribution in [-0.4, -0.2) is 24.4 Å². The molecule has 112 valence electrons. The zero-order chi connectivity index (χ0) is 15.5. The average molecular weight is 352 g/mol. The van der Waals surface area contributed by atoms with E-state index in [2.05, 4.69) is 15.9 Å². The molecule has 0 aromatic heterocycles. The van der Waals surface area contributed by atoms with Crippen molar-refractivity contribution in [2.45, 2.75) is 26.4 Å². The van der Waals surface area contributed by atoms with Crippen molar-refractivity contribution >= 4 is 21.8 Å². The van der Waals surface area contributed by atoms with Gasteiger partial charge in [-0.2, -0.15) is 13.2 Å². The predicted octanol–water partition coefficient (Wildman–Crippen LogP) is 4.59. The van der Waals surface area contributed by atoms with Crippen LogP contribution in [0.15, 0.2) is 22.7 Å². The van der Waals surface area contributed by atoms with Gasteiger partial charge in [-0.25, -0.2) is 0 Å². The molecule has 6 heteroatoms. The first-order chi connectivity index (χ1) is 9.12. The monoisotopic (exact) mass is 351 g/mol. The van der Waals surface area contributed by atoms with Gasteiger partial charge in [0.1, 0.15) is 0 Å². The van der Waals surface area contributed by atoms with Crippen molar-refractivity contribution in [3.05, 3.63) is 33.8 Å². The molecule has 0 fully saturated rings. The molecule has 0 aliphatic rings. The smallest absolute Gasteiger partial charge is 0.342 e. The summed E-state index contributed by atoms with van der Waals surface area (Å²) in [6, 6.07) is 3.54. The molecule has 2 nitrogen and oxygen atoms in total. The van der Waals surface area contributed by atoms with Gasteiger partial charge in [0.05, 0.1) is 5.56 Å². The third-order valence-electron chi connectivity index (χ3n) is 2.91. The molecular weight excluding hydrogens is 335 g/mol. The van der Waals surface area contributed by atoms with Crippen molar-refractivity contribution in [3.8, 4) is 0 Å². The Kier molecular flexibility index (Phi) is 5.62. The van der Waals surface area contributed by atoms with Gasteiger partial charge in [0.2, 0.25) is 0 Å². The molecule has 1 aromatic carbocycles. The molecular formula is C14H17BrF3NO. The Morgan fingerprint density at radius 3 is 2.45 bits per heavy atom. The van der Waals surface area contributed by atoms with Crippen molar-refractivity contribution < 1.29 is 18.0 Å². The van der Waals surface area contributed by atoms with E-state index in [1.54, 1.807) is 7.05 Å². The first-order valence-electron chi connectivity index (χ1n) is 6.25. The molecule has 0 unspecified atom stereocenters. The van der Waals surface area contributed by atoms with Gasteiger partial charge in [0, 0.05) is 23.6 Å². The Balaban J connectivity index is 2.94. The molecule has 1 aromatic rings. The molecule has 0 saturated heterocycles. The molecule has 0 atom stereocenters. The quantitative estimate of drug-likeness (QED) is 0.776. The summed E-state index contributed by atoms with van der Waals surface area (Å²) in [5.74, 6) is 0.0320. The number of carbonyl (C=O) groups excluding carboxylic acids is 1. The Morgan fingerprint density at radius 2 is 1.95 bits per heavy atom. The van der Waals surface area contributed by atoms with Crippen LogP contribution in [0, 0.1) is 5.92 Å². The Bertz CT molecular complexity index is 486. The molecule has 1 amide bonds. The summed E-state index contributed by atoms with van der Waals surface area (Å²) >= 11 is 2.86. The van der Waals surface area contributed by atoms with E-state index in [9.17, 15) is 18.0 Å². The summed E-state index contributed by atoms with van der Waals surface area (Å²) < 4.78 is 38.3.